The minimum Gasteiger partial charge on any atom is -0.462 e. The second kappa shape index (κ2) is 18.5. The van der Waals surface area contributed by atoms with Crippen LogP contribution < -0.4 is 0 Å². The highest BCUT2D eigenvalue weighted by Crippen LogP contribution is 2.47. The zero-order chi connectivity index (χ0) is 44.8. The van der Waals surface area contributed by atoms with E-state index in [0.29, 0.717) is 65.3 Å². The van der Waals surface area contributed by atoms with Gasteiger partial charge in [0, 0.05) is 54.7 Å². The second-order valence-corrected chi connectivity index (χ2v) is 21.4. The van der Waals surface area contributed by atoms with Gasteiger partial charge >= 0.3 is 11.9 Å². The number of nitrogens with zero attached hydrogens (tertiary/aromatic N) is 2. The van der Waals surface area contributed by atoms with Crippen molar-refractivity contribution in [1.82, 2.24) is 8.80 Å². The fourth-order valence-corrected chi connectivity index (χ4v) is 13.3. The number of aryl methyl sites for hydroxylation is 2. The molecule has 9 aromatic rings. The zero-order valence-electron chi connectivity index (χ0n) is 35.0. The molecule has 14 heteroatoms. The van der Waals surface area contributed by atoms with Gasteiger partial charge in [0.15, 0.2) is 0 Å². The molecule has 3 aromatic carbocycles. The van der Waals surface area contributed by atoms with Crippen molar-refractivity contribution in [3.8, 4) is 0 Å². The predicted octanol–water partition coefficient (Wildman–Crippen LogP) is 14.2. The first-order valence-corrected chi connectivity index (χ1v) is 25.6. The van der Waals surface area contributed by atoms with Gasteiger partial charge in [-0.15, -0.1) is 46.2 Å². The summed E-state index contributed by atoms with van der Waals surface area (Å²) in [5.74, 6) is 0.0434. The molecule has 0 saturated carbocycles. The molecule has 0 aliphatic rings. The molecule has 64 heavy (non-hydrogen) atoms. The van der Waals surface area contributed by atoms with Crippen molar-refractivity contribution >= 4 is 134 Å². The van der Waals surface area contributed by atoms with E-state index in [0.717, 1.165) is 50.7 Å². The number of benzene rings is 3. The summed E-state index contributed by atoms with van der Waals surface area (Å²) in [4.78, 5) is 56.8. The summed E-state index contributed by atoms with van der Waals surface area (Å²) in [5, 5.41) is 1.22. The van der Waals surface area contributed by atoms with Crippen molar-refractivity contribution in [2.45, 2.75) is 47.6 Å². The molecule has 6 heterocycles. The highest BCUT2D eigenvalue weighted by atomic mass is 79.9. The van der Waals surface area contributed by atoms with Crippen LogP contribution in [0.2, 0.25) is 0 Å². The monoisotopic (exact) mass is 1050 g/mol. The van der Waals surface area contributed by atoms with E-state index >= 15 is 0 Å². The SMILES string of the molecule is CCOC(=O)c1c2c(C(=O)c3ccc(Br)cc3)sc(SCc3ccc(CSc4sc(C(=O)c5ccc(Br)cc5)c5c(C(=O)OCC)c6cc(C)ccn6c45)cc3)c2n2ccc(C)cc12. The van der Waals surface area contributed by atoms with E-state index in [9.17, 15) is 19.2 Å². The molecule has 8 nitrogen and oxygen atoms in total. The van der Waals surface area contributed by atoms with Gasteiger partial charge in [-0.2, -0.15) is 0 Å². The van der Waals surface area contributed by atoms with Crippen LogP contribution in [0.5, 0.6) is 0 Å². The lowest BCUT2D eigenvalue weighted by molar-refractivity contribution is 0.0521. The Morgan fingerprint density at radius 1 is 0.562 bits per heavy atom. The molecule has 0 radical (unpaired) electrons. The molecule has 0 aliphatic carbocycles. The van der Waals surface area contributed by atoms with Crippen molar-refractivity contribution in [3.05, 3.63) is 173 Å². The Kier molecular flexibility index (Phi) is 12.8. The van der Waals surface area contributed by atoms with Gasteiger partial charge in [0.05, 0.1) is 64.6 Å². The first kappa shape index (κ1) is 44.3. The smallest absolute Gasteiger partial charge is 0.341 e. The highest BCUT2D eigenvalue weighted by Gasteiger charge is 2.32. The number of thiophene rings is 2. The summed E-state index contributed by atoms with van der Waals surface area (Å²) in [6.07, 6.45) is 3.92. The normalized spacial score (nSPS) is 11.6. The average Bonchev–Trinajstić information content (AvgIpc) is 4.03. The summed E-state index contributed by atoms with van der Waals surface area (Å²) in [6.45, 7) is 7.96. The summed E-state index contributed by atoms with van der Waals surface area (Å²) in [5.41, 5.74) is 9.10. The molecule has 0 aliphatic heterocycles. The molecule has 9 rings (SSSR count). The van der Waals surface area contributed by atoms with E-state index in [1.54, 1.807) is 61.6 Å². The van der Waals surface area contributed by atoms with Gasteiger partial charge in [-0.1, -0.05) is 56.1 Å². The van der Waals surface area contributed by atoms with Crippen molar-refractivity contribution < 1.29 is 28.7 Å². The predicted molar refractivity (Wildman–Crippen MR) is 268 cm³/mol. The number of thioether (sulfide) groups is 2. The van der Waals surface area contributed by atoms with Gasteiger partial charge in [-0.05, 0) is 123 Å². The van der Waals surface area contributed by atoms with Crippen LogP contribution in [0.15, 0.2) is 127 Å². The molecule has 0 unspecified atom stereocenters. The summed E-state index contributed by atoms with van der Waals surface area (Å²) in [6, 6.07) is 31.0. The van der Waals surface area contributed by atoms with Gasteiger partial charge in [-0.25, -0.2) is 9.59 Å². The van der Waals surface area contributed by atoms with Crippen LogP contribution >= 0.6 is 78.1 Å². The molecule has 0 atom stereocenters. The number of carbonyl (C=O) groups excluding carboxylic acids is 4. The minimum absolute atomic E-state index is 0.150. The van der Waals surface area contributed by atoms with E-state index in [4.69, 9.17) is 9.47 Å². The lowest BCUT2D eigenvalue weighted by Gasteiger charge is -2.06. The molecule has 0 spiro atoms. The maximum atomic E-state index is 14.2. The number of halogens is 2. The number of rotatable bonds is 14. The number of aromatic nitrogens is 2. The van der Waals surface area contributed by atoms with Crippen LogP contribution in [0.25, 0.3) is 32.8 Å². The Bertz CT molecular complexity index is 3090. The maximum Gasteiger partial charge on any atom is 0.341 e. The minimum atomic E-state index is -0.455. The van der Waals surface area contributed by atoms with Crippen molar-refractivity contribution in [2.24, 2.45) is 0 Å². The number of ether oxygens (including phenoxy) is 2. The Hall–Kier alpha value is -4.96. The van der Waals surface area contributed by atoms with E-state index in [-0.39, 0.29) is 24.8 Å². The van der Waals surface area contributed by atoms with Gasteiger partial charge in [0.2, 0.25) is 11.6 Å². The number of hydrogen-bond donors (Lipinski definition) is 0. The molecule has 0 bridgehead atoms. The first-order chi connectivity index (χ1) is 30.9. The van der Waals surface area contributed by atoms with Crippen molar-refractivity contribution in [2.75, 3.05) is 13.2 Å². The van der Waals surface area contributed by atoms with Crippen LogP contribution in [0.3, 0.4) is 0 Å². The molecule has 322 valence electrons. The largest absolute Gasteiger partial charge is 0.462 e. The van der Waals surface area contributed by atoms with Gasteiger partial charge in [-0.3, -0.25) is 9.59 Å². The molecule has 0 saturated heterocycles. The Labute approximate surface area is 402 Å². The highest BCUT2D eigenvalue weighted by molar-refractivity contribution is 9.10. The molecular weight excluding hydrogens is 1010 g/mol. The Morgan fingerprint density at radius 3 is 1.30 bits per heavy atom. The number of esters is 2. The molecular formula is C50H38Br2N2O6S4. The standard InChI is InChI=1S/C50H38Br2N2O6S4/c1-5-59-47(57)37-35-23-27(3)19-21-53(35)41-39(37)45(43(55)31-11-15-33(51)16-12-31)63-49(41)61-25-29-7-9-30(10-8-29)26-62-50-42-40(46(64-50)44(56)32-13-17-34(52)18-14-32)38(48(58)60-6-2)36-24-28(4)20-22-54(36)42/h7-24H,5-6,25-26H2,1-4H3. The average molecular weight is 1050 g/mol. The third kappa shape index (κ3) is 8.29. The summed E-state index contributed by atoms with van der Waals surface area (Å²) < 4.78 is 18.8. The van der Waals surface area contributed by atoms with Gasteiger partial charge in [0.1, 0.15) is 0 Å². The van der Waals surface area contributed by atoms with E-state index in [2.05, 4.69) is 56.1 Å². The lowest BCUT2D eigenvalue weighted by atomic mass is 10.1. The van der Waals surface area contributed by atoms with Gasteiger partial charge in [0.25, 0.3) is 0 Å². The number of carbonyl (C=O) groups is 4. The fraction of sp³-hybridized carbons (Fsp3) is 0.160. The second-order valence-electron chi connectivity index (χ2n) is 15.1. The van der Waals surface area contributed by atoms with Crippen LogP contribution in [0, 0.1) is 13.8 Å². The Morgan fingerprint density at radius 2 is 0.938 bits per heavy atom. The third-order valence-corrected chi connectivity index (χ3v) is 16.8. The summed E-state index contributed by atoms with van der Waals surface area (Å²) in [7, 11) is 0. The molecule has 0 amide bonds. The van der Waals surface area contributed by atoms with Crippen LogP contribution in [-0.4, -0.2) is 45.5 Å². The van der Waals surface area contributed by atoms with Gasteiger partial charge < -0.3 is 18.3 Å². The molecule has 0 fully saturated rings. The maximum absolute atomic E-state index is 14.2. The lowest BCUT2D eigenvalue weighted by Crippen LogP contribution is -2.06. The van der Waals surface area contributed by atoms with Crippen molar-refractivity contribution in [3.63, 3.8) is 0 Å². The van der Waals surface area contributed by atoms with E-state index in [1.165, 1.54) is 22.7 Å². The number of pyridine rings is 2. The topological polar surface area (TPSA) is 95.6 Å². The molecule has 6 aromatic heterocycles. The third-order valence-electron chi connectivity index (χ3n) is 10.8. The van der Waals surface area contributed by atoms with Crippen LogP contribution in [0.1, 0.15) is 87.3 Å². The van der Waals surface area contributed by atoms with E-state index in [1.807, 2.05) is 83.6 Å². The zero-order valence-corrected chi connectivity index (χ0v) is 41.4. The number of fused-ring (bicyclic) bond motifs is 6. The Balaban J connectivity index is 1.03. The first-order valence-electron chi connectivity index (χ1n) is 20.4. The van der Waals surface area contributed by atoms with E-state index < -0.39 is 11.9 Å². The summed E-state index contributed by atoms with van der Waals surface area (Å²) >= 11 is 13.0. The molecule has 0 N–H and O–H groups in total. The number of ketones is 2. The quantitative estimate of drug-likeness (QED) is 0.0604. The fourth-order valence-electron chi connectivity index (χ4n) is 7.78. The van der Waals surface area contributed by atoms with Crippen molar-refractivity contribution in [1.29, 1.82) is 0 Å². The van der Waals surface area contributed by atoms with Crippen LogP contribution in [0.4, 0.5) is 0 Å². The number of hydrogen-bond acceptors (Lipinski definition) is 10. The van der Waals surface area contributed by atoms with Crippen LogP contribution in [-0.2, 0) is 21.0 Å².